The number of carbonyl (C=O) groups excluding carboxylic acids is 1. The van der Waals surface area contributed by atoms with Gasteiger partial charge in [-0.05, 0) is 40.8 Å². The predicted octanol–water partition coefficient (Wildman–Crippen LogP) is 4.81. The Morgan fingerprint density at radius 1 is 1.19 bits per heavy atom. The summed E-state index contributed by atoms with van der Waals surface area (Å²) in [6.45, 7) is 4.16. The van der Waals surface area contributed by atoms with Gasteiger partial charge in [0.25, 0.3) is 0 Å². The van der Waals surface area contributed by atoms with Gasteiger partial charge < -0.3 is 4.74 Å². The van der Waals surface area contributed by atoms with Crippen LogP contribution in [0.5, 0.6) is 0 Å². The molecule has 21 heavy (non-hydrogen) atoms. The van der Waals surface area contributed by atoms with Crippen molar-refractivity contribution in [2.45, 2.75) is 39.2 Å². The second-order valence-corrected chi connectivity index (χ2v) is 5.46. The number of hydrogen-bond donors (Lipinski definition) is 0. The molecule has 0 saturated heterocycles. The molecule has 0 fully saturated rings. The van der Waals surface area contributed by atoms with Crippen LogP contribution in [0.2, 0.25) is 0 Å². The number of hydrogen-bond acceptors (Lipinski definition) is 2. The van der Waals surface area contributed by atoms with E-state index in [1.54, 1.807) is 0 Å². The van der Waals surface area contributed by atoms with Gasteiger partial charge in [-0.25, -0.2) is 0 Å². The van der Waals surface area contributed by atoms with E-state index in [0.717, 1.165) is 18.4 Å². The molecule has 0 spiro atoms. The Bertz CT molecular complexity index is 713. The standard InChI is InChI=1S/C19H20O2/c1-3-6-18(20)21-17-12-11-15-13(4-2)9-10-14-7-5-8-16(17)19(14)15/h5,7-12,17H,3-4,6H2,1-2H3. The Kier molecular flexibility index (Phi) is 3.78. The predicted molar refractivity (Wildman–Crippen MR) is 86.1 cm³/mol. The summed E-state index contributed by atoms with van der Waals surface area (Å²) in [6.07, 6.45) is 6.15. The first-order chi connectivity index (χ1) is 10.2. The molecule has 108 valence electrons. The number of esters is 1. The number of aryl methyl sites for hydroxylation is 1. The first kappa shape index (κ1) is 13.9. The van der Waals surface area contributed by atoms with Gasteiger partial charge >= 0.3 is 5.97 Å². The monoisotopic (exact) mass is 280 g/mol. The van der Waals surface area contributed by atoms with Gasteiger partial charge in [0, 0.05) is 12.0 Å². The molecule has 3 rings (SSSR count). The molecule has 0 radical (unpaired) electrons. The molecule has 2 nitrogen and oxygen atoms in total. The van der Waals surface area contributed by atoms with Gasteiger partial charge in [0.1, 0.15) is 6.10 Å². The lowest BCUT2D eigenvalue weighted by molar-refractivity contribution is -0.147. The van der Waals surface area contributed by atoms with Crippen LogP contribution in [0.1, 0.15) is 49.5 Å². The summed E-state index contributed by atoms with van der Waals surface area (Å²) in [6, 6.07) is 10.6. The summed E-state index contributed by atoms with van der Waals surface area (Å²) < 4.78 is 5.63. The quantitative estimate of drug-likeness (QED) is 0.751. The minimum Gasteiger partial charge on any atom is -0.453 e. The van der Waals surface area contributed by atoms with Crippen LogP contribution in [0.4, 0.5) is 0 Å². The van der Waals surface area contributed by atoms with E-state index < -0.39 is 0 Å². The zero-order chi connectivity index (χ0) is 14.8. The van der Waals surface area contributed by atoms with E-state index >= 15 is 0 Å². The van der Waals surface area contributed by atoms with E-state index in [-0.39, 0.29) is 12.1 Å². The molecule has 0 aliphatic heterocycles. The molecule has 2 heteroatoms. The van der Waals surface area contributed by atoms with E-state index in [0.29, 0.717) is 6.42 Å². The Morgan fingerprint density at radius 3 is 2.81 bits per heavy atom. The molecule has 1 aliphatic carbocycles. The maximum absolute atomic E-state index is 11.8. The zero-order valence-electron chi connectivity index (χ0n) is 12.6. The van der Waals surface area contributed by atoms with Gasteiger partial charge in [0.2, 0.25) is 0 Å². The van der Waals surface area contributed by atoms with Crippen LogP contribution in [-0.2, 0) is 16.0 Å². The highest BCUT2D eigenvalue weighted by atomic mass is 16.5. The fourth-order valence-electron chi connectivity index (χ4n) is 3.01. The van der Waals surface area contributed by atoms with Crippen LogP contribution in [0.15, 0.2) is 36.4 Å². The third kappa shape index (κ3) is 2.46. The molecule has 0 bridgehead atoms. The third-order valence-electron chi connectivity index (χ3n) is 4.05. The highest BCUT2D eigenvalue weighted by Gasteiger charge is 2.21. The third-order valence-corrected chi connectivity index (χ3v) is 4.05. The van der Waals surface area contributed by atoms with E-state index in [9.17, 15) is 4.79 Å². The fraction of sp³-hybridized carbons (Fsp3) is 0.316. The summed E-state index contributed by atoms with van der Waals surface area (Å²) >= 11 is 0. The van der Waals surface area contributed by atoms with Crippen molar-refractivity contribution in [1.82, 2.24) is 0 Å². The minimum atomic E-state index is -0.257. The van der Waals surface area contributed by atoms with Crippen molar-refractivity contribution >= 4 is 22.8 Å². The molecule has 0 saturated carbocycles. The first-order valence-corrected chi connectivity index (χ1v) is 7.66. The molecule has 0 aromatic heterocycles. The minimum absolute atomic E-state index is 0.126. The molecule has 1 aliphatic rings. The van der Waals surface area contributed by atoms with Crippen molar-refractivity contribution in [3.05, 3.63) is 53.1 Å². The Labute approximate surface area is 125 Å². The lowest BCUT2D eigenvalue weighted by atomic mass is 9.88. The highest BCUT2D eigenvalue weighted by molar-refractivity contribution is 5.96. The molecule has 0 heterocycles. The normalized spacial score (nSPS) is 16.2. The van der Waals surface area contributed by atoms with E-state index in [1.807, 2.05) is 19.1 Å². The van der Waals surface area contributed by atoms with Gasteiger partial charge in [-0.15, -0.1) is 0 Å². The molecule has 0 N–H and O–H groups in total. The van der Waals surface area contributed by atoms with Crippen molar-refractivity contribution < 1.29 is 9.53 Å². The molecule has 2 aromatic carbocycles. The number of rotatable bonds is 4. The number of ether oxygens (including phenoxy) is 1. The Balaban J connectivity index is 2.08. The molecule has 0 amide bonds. The van der Waals surface area contributed by atoms with Crippen LogP contribution in [-0.4, -0.2) is 5.97 Å². The average molecular weight is 280 g/mol. The first-order valence-electron chi connectivity index (χ1n) is 7.66. The fourth-order valence-corrected chi connectivity index (χ4v) is 3.01. The molecule has 1 atom stereocenters. The van der Waals surface area contributed by atoms with E-state index in [1.165, 1.54) is 21.9 Å². The Morgan fingerprint density at radius 2 is 2.05 bits per heavy atom. The molecule has 1 unspecified atom stereocenters. The topological polar surface area (TPSA) is 26.3 Å². The summed E-state index contributed by atoms with van der Waals surface area (Å²) in [4.78, 5) is 11.8. The van der Waals surface area contributed by atoms with Crippen molar-refractivity contribution in [1.29, 1.82) is 0 Å². The lowest BCUT2D eigenvalue weighted by Gasteiger charge is -2.23. The highest BCUT2D eigenvalue weighted by Crippen LogP contribution is 2.37. The summed E-state index contributed by atoms with van der Waals surface area (Å²) in [5.74, 6) is -0.126. The second kappa shape index (κ2) is 5.72. The summed E-state index contributed by atoms with van der Waals surface area (Å²) in [5.41, 5.74) is 3.71. The maximum atomic E-state index is 11.8. The smallest absolute Gasteiger partial charge is 0.306 e. The second-order valence-electron chi connectivity index (χ2n) is 5.46. The maximum Gasteiger partial charge on any atom is 0.306 e. The van der Waals surface area contributed by atoms with Gasteiger partial charge in [0.05, 0.1) is 0 Å². The van der Waals surface area contributed by atoms with E-state index in [2.05, 4.69) is 37.3 Å². The van der Waals surface area contributed by atoms with Crippen molar-refractivity contribution in [3.63, 3.8) is 0 Å². The molecular formula is C19H20O2. The van der Waals surface area contributed by atoms with Crippen molar-refractivity contribution in [2.24, 2.45) is 0 Å². The van der Waals surface area contributed by atoms with Crippen LogP contribution in [0, 0.1) is 0 Å². The number of carbonyl (C=O) groups is 1. The summed E-state index contributed by atoms with van der Waals surface area (Å²) in [5, 5.41) is 2.44. The largest absolute Gasteiger partial charge is 0.453 e. The Hall–Kier alpha value is -2.09. The number of benzene rings is 2. The van der Waals surface area contributed by atoms with Crippen LogP contribution < -0.4 is 0 Å². The lowest BCUT2D eigenvalue weighted by Crippen LogP contribution is -2.12. The van der Waals surface area contributed by atoms with Gasteiger partial charge in [-0.1, -0.05) is 50.3 Å². The zero-order valence-corrected chi connectivity index (χ0v) is 12.6. The van der Waals surface area contributed by atoms with Gasteiger partial charge in [-0.3, -0.25) is 4.79 Å². The van der Waals surface area contributed by atoms with Crippen molar-refractivity contribution in [2.75, 3.05) is 0 Å². The molecular weight excluding hydrogens is 260 g/mol. The van der Waals surface area contributed by atoms with Gasteiger partial charge in [-0.2, -0.15) is 0 Å². The average Bonchev–Trinajstić information content (AvgIpc) is 2.50. The SMILES string of the molecule is CCCC(=O)OC1C=Cc2c(CC)ccc3cccc1c23. The summed E-state index contributed by atoms with van der Waals surface area (Å²) in [7, 11) is 0. The molecule has 2 aromatic rings. The van der Waals surface area contributed by atoms with Crippen LogP contribution in [0.3, 0.4) is 0 Å². The van der Waals surface area contributed by atoms with Crippen molar-refractivity contribution in [3.8, 4) is 0 Å². The van der Waals surface area contributed by atoms with Crippen LogP contribution in [0.25, 0.3) is 16.8 Å². The van der Waals surface area contributed by atoms with Crippen LogP contribution >= 0.6 is 0 Å². The van der Waals surface area contributed by atoms with Gasteiger partial charge in [0.15, 0.2) is 0 Å². The van der Waals surface area contributed by atoms with E-state index in [4.69, 9.17) is 4.74 Å².